The van der Waals surface area contributed by atoms with Crippen LogP contribution in [0.15, 0.2) is 12.1 Å². The number of aliphatic carboxylic acids is 1. The predicted octanol–water partition coefficient (Wildman–Crippen LogP) is 2.00. The maximum Gasteiger partial charge on any atom is 0.303 e. The summed E-state index contributed by atoms with van der Waals surface area (Å²) in [5.41, 5.74) is -0.706. The van der Waals surface area contributed by atoms with Gasteiger partial charge in [-0.2, -0.15) is 0 Å². The molecule has 16 heavy (non-hydrogen) atoms. The van der Waals surface area contributed by atoms with Gasteiger partial charge in [0.05, 0.1) is 11.7 Å². The molecule has 0 amide bonds. The minimum absolute atomic E-state index is 0.338. The Morgan fingerprint density at radius 2 is 1.75 bits per heavy atom. The molecule has 3 nitrogen and oxygen atoms in total. The smallest absolute Gasteiger partial charge is 0.303 e. The van der Waals surface area contributed by atoms with Gasteiger partial charge in [-0.3, -0.25) is 4.79 Å². The van der Waals surface area contributed by atoms with Crippen LogP contribution in [0.25, 0.3) is 0 Å². The van der Waals surface area contributed by atoms with Crippen LogP contribution < -0.4 is 0 Å². The maximum absolute atomic E-state index is 13.1. The first kappa shape index (κ1) is 12.5. The molecule has 0 aliphatic carbocycles. The first-order valence-electron chi connectivity index (χ1n) is 4.46. The number of halogens is 3. The van der Waals surface area contributed by atoms with E-state index in [1.807, 2.05) is 0 Å². The average Bonchev–Trinajstić information content (AvgIpc) is 2.12. The van der Waals surface area contributed by atoms with Gasteiger partial charge in [-0.05, 0) is 6.42 Å². The van der Waals surface area contributed by atoms with Gasteiger partial charge in [-0.15, -0.1) is 0 Å². The van der Waals surface area contributed by atoms with E-state index in [9.17, 15) is 23.1 Å². The Morgan fingerprint density at radius 3 is 2.19 bits per heavy atom. The highest BCUT2D eigenvalue weighted by Gasteiger charge is 2.20. The van der Waals surface area contributed by atoms with E-state index in [2.05, 4.69) is 0 Å². The van der Waals surface area contributed by atoms with E-state index in [4.69, 9.17) is 5.11 Å². The molecule has 1 atom stereocenters. The van der Waals surface area contributed by atoms with E-state index in [1.165, 1.54) is 0 Å². The summed E-state index contributed by atoms with van der Waals surface area (Å²) in [5.74, 6) is -4.74. The fourth-order valence-corrected chi connectivity index (χ4v) is 1.28. The fraction of sp³-hybridized carbons (Fsp3) is 0.300. The molecular formula is C10H9F3O3. The number of aliphatic hydroxyl groups is 1. The Hall–Kier alpha value is -1.56. The monoisotopic (exact) mass is 234 g/mol. The summed E-state index contributed by atoms with van der Waals surface area (Å²) in [6.45, 7) is 0. The number of carboxylic acids is 1. The molecule has 0 saturated carbocycles. The Kier molecular flexibility index (Phi) is 3.89. The number of hydrogen-bond donors (Lipinski definition) is 2. The van der Waals surface area contributed by atoms with Gasteiger partial charge in [0, 0.05) is 18.6 Å². The third-order valence-corrected chi connectivity index (χ3v) is 2.01. The van der Waals surface area contributed by atoms with Crippen molar-refractivity contribution in [2.75, 3.05) is 0 Å². The van der Waals surface area contributed by atoms with Gasteiger partial charge in [-0.25, -0.2) is 13.2 Å². The van der Waals surface area contributed by atoms with Crippen LogP contribution >= 0.6 is 0 Å². The van der Waals surface area contributed by atoms with Crippen LogP contribution in [0, 0.1) is 17.5 Å². The third-order valence-electron chi connectivity index (χ3n) is 2.01. The normalized spacial score (nSPS) is 12.5. The Labute approximate surface area is 89.1 Å². The summed E-state index contributed by atoms with van der Waals surface area (Å²) in [7, 11) is 0. The number of carbonyl (C=O) groups is 1. The van der Waals surface area contributed by atoms with Crippen molar-refractivity contribution < 1.29 is 28.2 Å². The summed E-state index contributed by atoms with van der Waals surface area (Å²) in [6, 6.07) is 0.866. The quantitative estimate of drug-likeness (QED) is 0.837. The largest absolute Gasteiger partial charge is 0.481 e. The topological polar surface area (TPSA) is 57.5 Å². The standard InChI is InChI=1S/C10H9F3O3/c11-5-3-6(12)10(7(13)4-5)8(14)1-2-9(15)16/h3-4,8,14H,1-2H2,(H,15,16). The number of aliphatic hydroxyl groups excluding tert-OH is 1. The minimum Gasteiger partial charge on any atom is -0.481 e. The minimum atomic E-state index is -1.60. The van der Waals surface area contributed by atoms with Crippen molar-refractivity contribution in [2.45, 2.75) is 18.9 Å². The molecule has 0 bridgehead atoms. The Balaban J connectivity index is 2.90. The van der Waals surface area contributed by atoms with Gasteiger partial charge in [0.15, 0.2) is 0 Å². The lowest BCUT2D eigenvalue weighted by Gasteiger charge is -2.11. The lowest BCUT2D eigenvalue weighted by Crippen LogP contribution is -2.07. The number of carboxylic acid groups (broad SMARTS) is 1. The molecule has 1 aromatic rings. The van der Waals surface area contributed by atoms with Crippen molar-refractivity contribution in [1.29, 1.82) is 0 Å². The second kappa shape index (κ2) is 4.98. The van der Waals surface area contributed by atoms with Crippen molar-refractivity contribution >= 4 is 5.97 Å². The van der Waals surface area contributed by atoms with Crippen molar-refractivity contribution in [2.24, 2.45) is 0 Å². The van der Waals surface area contributed by atoms with E-state index in [1.54, 1.807) is 0 Å². The molecule has 1 unspecified atom stereocenters. The lowest BCUT2D eigenvalue weighted by atomic mass is 10.0. The fourth-order valence-electron chi connectivity index (χ4n) is 1.28. The van der Waals surface area contributed by atoms with Crippen molar-refractivity contribution in [1.82, 2.24) is 0 Å². The van der Waals surface area contributed by atoms with Crippen LogP contribution in [-0.4, -0.2) is 16.2 Å². The third kappa shape index (κ3) is 2.96. The van der Waals surface area contributed by atoms with Crippen LogP contribution in [0.1, 0.15) is 24.5 Å². The molecule has 1 rings (SSSR count). The summed E-state index contributed by atoms with van der Waals surface area (Å²) in [5, 5.41) is 17.7. The Bertz CT molecular complexity index is 383. The molecule has 0 heterocycles. The summed E-state index contributed by atoms with van der Waals surface area (Å²) in [4.78, 5) is 10.2. The number of hydrogen-bond acceptors (Lipinski definition) is 2. The van der Waals surface area contributed by atoms with E-state index >= 15 is 0 Å². The van der Waals surface area contributed by atoms with Crippen LogP contribution in [0.3, 0.4) is 0 Å². The van der Waals surface area contributed by atoms with E-state index in [0.717, 1.165) is 0 Å². The highest BCUT2D eigenvalue weighted by molar-refractivity contribution is 5.66. The molecule has 0 radical (unpaired) electrons. The molecule has 0 fully saturated rings. The molecule has 0 spiro atoms. The molecule has 0 aliphatic rings. The van der Waals surface area contributed by atoms with Crippen LogP contribution in [0.2, 0.25) is 0 Å². The second-order valence-corrected chi connectivity index (χ2v) is 3.23. The predicted molar refractivity (Wildman–Crippen MR) is 48.1 cm³/mol. The summed E-state index contributed by atoms with van der Waals surface area (Å²) >= 11 is 0. The summed E-state index contributed by atoms with van der Waals surface area (Å²) in [6.07, 6.45) is -2.37. The van der Waals surface area contributed by atoms with Crippen molar-refractivity contribution in [3.63, 3.8) is 0 Å². The molecule has 88 valence electrons. The van der Waals surface area contributed by atoms with Crippen molar-refractivity contribution in [3.05, 3.63) is 35.1 Å². The highest BCUT2D eigenvalue weighted by Crippen LogP contribution is 2.25. The number of benzene rings is 1. The maximum atomic E-state index is 13.1. The van der Waals surface area contributed by atoms with E-state index < -0.39 is 41.5 Å². The van der Waals surface area contributed by atoms with Crippen molar-refractivity contribution in [3.8, 4) is 0 Å². The molecule has 1 aromatic carbocycles. The van der Waals surface area contributed by atoms with Gasteiger partial charge >= 0.3 is 5.97 Å². The molecule has 0 aliphatic heterocycles. The molecule has 2 N–H and O–H groups in total. The van der Waals surface area contributed by atoms with Crippen LogP contribution in [-0.2, 0) is 4.79 Å². The van der Waals surface area contributed by atoms with Gasteiger partial charge in [0.25, 0.3) is 0 Å². The Morgan fingerprint density at radius 1 is 1.25 bits per heavy atom. The van der Waals surface area contributed by atoms with E-state index in [-0.39, 0.29) is 6.42 Å². The first-order chi connectivity index (χ1) is 7.41. The van der Waals surface area contributed by atoms with Gasteiger partial charge in [-0.1, -0.05) is 0 Å². The van der Waals surface area contributed by atoms with Gasteiger partial charge < -0.3 is 10.2 Å². The molecule has 0 saturated heterocycles. The summed E-state index contributed by atoms with van der Waals surface area (Å²) < 4.78 is 38.7. The van der Waals surface area contributed by atoms with Gasteiger partial charge in [0.1, 0.15) is 17.5 Å². The zero-order valence-corrected chi connectivity index (χ0v) is 8.08. The second-order valence-electron chi connectivity index (χ2n) is 3.23. The zero-order valence-electron chi connectivity index (χ0n) is 8.08. The highest BCUT2D eigenvalue weighted by atomic mass is 19.1. The van der Waals surface area contributed by atoms with Crippen LogP contribution in [0.5, 0.6) is 0 Å². The molecule has 0 aromatic heterocycles. The average molecular weight is 234 g/mol. The molecule has 6 heteroatoms. The SMILES string of the molecule is O=C(O)CCC(O)c1c(F)cc(F)cc1F. The first-order valence-corrected chi connectivity index (χ1v) is 4.46. The van der Waals surface area contributed by atoms with E-state index in [0.29, 0.717) is 12.1 Å². The van der Waals surface area contributed by atoms with Gasteiger partial charge in [0.2, 0.25) is 0 Å². The zero-order chi connectivity index (χ0) is 12.3. The lowest BCUT2D eigenvalue weighted by molar-refractivity contribution is -0.137. The molecular weight excluding hydrogens is 225 g/mol. The van der Waals surface area contributed by atoms with Crippen LogP contribution in [0.4, 0.5) is 13.2 Å². The number of rotatable bonds is 4.